The van der Waals surface area contributed by atoms with E-state index in [9.17, 15) is 4.79 Å². The molecule has 3 heterocycles. The van der Waals surface area contributed by atoms with E-state index in [2.05, 4.69) is 37.8 Å². The first-order valence-electron chi connectivity index (χ1n) is 12.2. The lowest BCUT2D eigenvalue weighted by Gasteiger charge is -2.41. The van der Waals surface area contributed by atoms with Crippen LogP contribution in [0.5, 0.6) is 23.0 Å². The number of methoxy groups -OCH3 is 1. The van der Waals surface area contributed by atoms with Gasteiger partial charge in [0.25, 0.3) is 0 Å². The number of rotatable bonds is 3. The fourth-order valence-electron chi connectivity index (χ4n) is 4.37. The second-order valence-electron chi connectivity index (χ2n) is 8.80. The predicted octanol–water partition coefficient (Wildman–Crippen LogP) is 5.62. The first kappa shape index (κ1) is 25.7. The molecule has 3 aliphatic heterocycles. The molecular weight excluding hydrogens is 432 g/mol. The summed E-state index contributed by atoms with van der Waals surface area (Å²) in [4.78, 5) is 13.8. The molecule has 34 heavy (non-hydrogen) atoms. The maximum absolute atomic E-state index is 11.4. The second kappa shape index (κ2) is 11.5. The molecule has 0 saturated carbocycles. The Labute approximate surface area is 203 Å². The van der Waals surface area contributed by atoms with Crippen molar-refractivity contribution in [2.75, 3.05) is 20.4 Å². The molecule has 5 rings (SSSR count). The number of nitrogens with zero attached hydrogens (tertiary/aromatic N) is 1. The van der Waals surface area contributed by atoms with E-state index >= 15 is 0 Å². The van der Waals surface area contributed by atoms with E-state index < -0.39 is 6.09 Å². The highest BCUT2D eigenvalue weighted by molar-refractivity contribution is 5.71. The van der Waals surface area contributed by atoms with E-state index in [0.717, 1.165) is 47.9 Å². The number of nitrogens with two attached hydrogens (primary N) is 1. The molecule has 0 aromatic heterocycles. The first-order valence-corrected chi connectivity index (χ1v) is 12.2. The standard InChI is InChI=1S/C20H20N2O5.C5H12.C2H6/c1-24-16-3-2-11-6-15-13-8-18-17(25-10-26-18)7-12(13)4-5-22(15)9-14(11)19(16)27-20(21)23;1-4-5(2)3;1-2/h2-3,7-8,15H,4-6,9-10H2,1H3,(H2,21,23);5H,4H2,1-3H3;1-2H3. The van der Waals surface area contributed by atoms with Crippen molar-refractivity contribution in [2.24, 2.45) is 11.7 Å². The van der Waals surface area contributed by atoms with Crippen LogP contribution in [0.15, 0.2) is 24.3 Å². The SMILES string of the molecule is CC.CCC(C)C.COc1ccc2c(c1OC(N)=O)CN1CCc3cc4c(cc3C1C2)OCO4. The monoisotopic (exact) mass is 470 g/mol. The van der Waals surface area contributed by atoms with Gasteiger partial charge in [0, 0.05) is 24.7 Å². The van der Waals surface area contributed by atoms with E-state index in [0.29, 0.717) is 18.0 Å². The van der Waals surface area contributed by atoms with E-state index in [1.54, 1.807) is 7.11 Å². The van der Waals surface area contributed by atoms with Gasteiger partial charge in [-0.2, -0.15) is 0 Å². The molecule has 2 aromatic carbocycles. The number of benzene rings is 2. The number of ether oxygens (including phenoxy) is 4. The molecule has 7 nitrogen and oxygen atoms in total. The maximum Gasteiger partial charge on any atom is 0.410 e. The molecule has 0 aliphatic carbocycles. The smallest absolute Gasteiger partial charge is 0.410 e. The van der Waals surface area contributed by atoms with Crippen molar-refractivity contribution >= 4 is 6.09 Å². The molecule has 1 unspecified atom stereocenters. The van der Waals surface area contributed by atoms with Crippen LogP contribution in [0.2, 0.25) is 0 Å². The highest BCUT2D eigenvalue weighted by Gasteiger charge is 2.35. The lowest BCUT2D eigenvalue weighted by Crippen LogP contribution is -2.39. The topological polar surface area (TPSA) is 83.3 Å². The number of carbonyl (C=O) groups is 1. The Morgan fingerprint density at radius 3 is 2.47 bits per heavy atom. The number of primary amides is 1. The minimum Gasteiger partial charge on any atom is -0.493 e. The van der Waals surface area contributed by atoms with Gasteiger partial charge in [-0.1, -0.05) is 47.1 Å². The van der Waals surface area contributed by atoms with Crippen molar-refractivity contribution in [3.05, 3.63) is 46.5 Å². The molecule has 7 heteroatoms. The van der Waals surface area contributed by atoms with Gasteiger partial charge in [-0.05, 0) is 53.6 Å². The van der Waals surface area contributed by atoms with E-state index in [1.807, 2.05) is 26.0 Å². The molecular formula is C27H38N2O5. The normalized spacial score (nSPS) is 17.2. The van der Waals surface area contributed by atoms with E-state index in [1.165, 1.54) is 17.5 Å². The van der Waals surface area contributed by atoms with Crippen molar-refractivity contribution in [3.8, 4) is 23.0 Å². The summed E-state index contributed by atoms with van der Waals surface area (Å²) >= 11 is 0. The van der Waals surface area contributed by atoms with E-state index in [-0.39, 0.29) is 12.8 Å². The van der Waals surface area contributed by atoms with Gasteiger partial charge in [0.1, 0.15) is 0 Å². The average Bonchev–Trinajstić information content (AvgIpc) is 3.30. The molecule has 3 aliphatic rings. The lowest BCUT2D eigenvalue weighted by atomic mass is 9.83. The summed E-state index contributed by atoms with van der Waals surface area (Å²) in [5.74, 6) is 3.48. The van der Waals surface area contributed by atoms with Crippen LogP contribution in [0.1, 0.15) is 69.3 Å². The van der Waals surface area contributed by atoms with Crippen LogP contribution < -0.4 is 24.7 Å². The van der Waals surface area contributed by atoms with E-state index in [4.69, 9.17) is 24.7 Å². The number of hydrogen-bond acceptors (Lipinski definition) is 6. The summed E-state index contributed by atoms with van der Waals surface area (Å²) in [5.41, 5.74) is 9.97. The molecule has 186 valence electrons. The third-order valence-electron chi connectivity index (χ3n) is 6.44. The molecule has 0 saturated heterocycles. The summed E-state index contributed by atoms with van der Waals surface area (Å²) < 4.78 is 21.8. The van der Waals surface area contributed by atoms with Crippen LogP contribution in [0, 0.1) is 5.92 Å². The molecule has 1 amide bonds. The molecule has 0 fully saturated rings. The quantitative estimate of drug-likeness (QED) is 0.627. The van der Waals surface area contributed by atoms with Gasteiger partial charge in [-0.3, -0.25) is 4.90 Å². The zero-order valence-corrected chi connectivity index (χ0v) is 21.3. The van der Waals surface area contributed by atoms with Crippen molar-refractivity contribution in [2.45, 2.75) is 66.5 Å². The van der Waals surface area contributed by atoms with Gasteiger partial charge in [0.15, 0.2) is 23.0 Å². The minimum atomic E-state index is -0.833. The largest absolute Gasteiger partial charge is 0.493 e. The Balaban J connectivity index is 0.000000414. The van der Waals surface area contributed by atoms with Gasteiger partial charge >= 0.3 is 6.09 Å². The summed E-state index contributed by atoms with van der Waals surface area (Å²) in [6.45, 7) is 12.5. The highest BCUT2D eigenvalue weighted by Crippen LogP contribution is 2.46. The summed E-state index contributed by atoms with van der Waals surface area (Å²) in [6.07, 6.45) is 2.23. The van der Waals surface area contributed by atoms with Gasteiger partial charge in [0.2, 0.25) is 6.79 Å². The van der Waals surface area contributed by atoms with Crippen LogP contribution in [0.4, 0.5) is 4.79 Å². The second-order valence-corrected chi connectivity index (χ2v) is 8.80. The summed E-state index contributed by atoms with van der Waals surface area (Å²) in [7, 11) is 1.56. The molecule has 0 spiro atoms. The zero-order chi connectivity index (χ0) is 24.8. The zero-order valence-electron chi connectivity index (χ0n) is 21.3. The van der Waals surface area contributed by atoms with Crippen LogP contribution in [0.3, 0.4) is 0 Å². The van der Waals surface area contributed by atoms with Crippen LogP contribution >= 0.6 is 0 Å². The Kier molecular flexibility index (Phi) is 8.67. The maximum atomic E-state index is 11.4. The van der Waals surface area contributed by atoms with Crippen molar-refractivity contribution in [3.63, 3.8) is 0 Å². The Morgan fingerprint density at radius 1 is 1.18 bits per heavy atom. The first-order chi connectivity index (χ1) is 16.4. The van der Waals surface area contributed by atoms with Gasteiger partial charge in [0.05, 0.1) is 7.11 Å². The lowest BCUT2D eigenvalue weighted by molar-refractivity contribution is 0.156. The fraction of sp³-hybridized carbons (Fsp3) is 0.519. The highest BCUT2D eigenvalue weighted by atomic mass is 16.7. The van der Waals surface area contributed by atoms with Crippen LogP contribution in [-0.4, -0.2) is 31.4 Å². The minimum absolute atomic E-state index is 0.255. The number of fused-ring (bicyclic) bond motifs is 5. The Bertz CT molecular complexity index is 1010. The molecule has 0 bridgehead atoms. The average molecular weight is 471 g/mol. The number of carbonyl (C=O) groups excluding carboxylic acids is 1. The van der Waals surface area contributed by atoms with Crippen molar-refractivity contribution < 1.29 is 23.7 Å². The van der Waals surface area contributed by atoms with Crippen molar-refractivity contribution in [1.29, 1.82) is 0 Å². The fourth-order valence-corrected chi connectivity index (χ4v) is 4.37. The Hall–Kier alpha value is -2.93. The van der Waals surface area contributed by atoms with Gasteiger partial charge in [-0.25, -0.2) is 4.79 Å². The number of amides is 1. The summed E-state index contributed by atoms with van der Waals surface area (Å²) in [6, 6.07) is 8.35. The predicted molar refractivity (Wildman–Crippen MR) is 133 cm³/mol. The van der Waals surface area contributed by atoms with Gasteiger partial charge < -0.3 is 24.7 Å². The third kappa shape index (κ3) is 5.41. The van der Waals surface area contributed by atoms with Crippen LogP contribution in [0.25, 0.3) is 0 Å². The third-order valence-corrected chi connectivity index (χ3v) is 6.44. The van der Waals surface area contributed by atoms with Gasteiger partial charge in [-0.15, -0.1) is 0 Å². The molecule has 2 N–H and O–H groups in total. The molecule has 0 radical (unpaired) electrons. The molecule has 2 aromatic rings. The van der Waals surface area contributed by atoms with Crippen molar-refractivity contribution in [1.82, 2.24) is 4.90 Å². The Morgan fingerprint density at radius 2 is 1.85 bits per heavy atom. The van der Waals surface area contributed by atoms with Crippen LogP contribution in [-0.2, 0) is 19.4 Å². The number of hydrogen-bond donors (Lipinski definition) is 1. The molecule has 1 atom stereocenters. The summed E-state index contributed by atoms with van der Waals surface area (Å²) in [5, 5.41) is 0.